The Morgan fingerprint density at radius 2 is 1.90 bits per heavy atom. The predicted molar refractivity (Wildman–Crippen MR) is 123 cm³/mol. The van der Waals surface area contributed by atoms with Crippen molar-refractivity contribution in [2.24, 2.45) is 0 Å². The van der Waals surface area contributed by atoms with Gasteiger partial charge in [-0.15, -0.1) is 0 Å². The van der Waals surface area contributed by atoms with Crippen LogP contribution < -0.4 is 5.32 Å². The smallest absolute Gasteiger partial charge is 0.255 e. The molecule has 160 valence electrons. The number of carbonyl (C=O) groups is 1. The molecule has 4 rings (SSSR count). The second-order valence-electron chi connectivity index (χ2n) is 8.24. The standard InChI is InChI=1S/C25H29N5O/c1-19(2)10-14-29-15-11-21(12-16-29)27-25(31)23-18-30(22-8-4-3-5-9-22)28-24(23)20-7-6-13-26-17-20/h3-10,13,17-18,21H,11-12,14-16H2,1-2H3,(H,27,31). The molecule has 1 saturated heterocycles. The highest BCUT2D eigenvalue weighted by atomic mass is 16.1. The third-order valence-corrected chi connectivity index (χ3v) is 5.60. The monoisotopic (exact) mass is 415 g/mol. The van der Waals surface area contributed by atoms with Gasteiger partial charge in [-0.2, -0.15) is 5.10 Å². The maximum Gasteiger partial charge on any atom is 0.255 e. The zero-order chi connectivity index (χ0) is 21.6. The van der Waals surface area contributed by atoms with Gasteiger partial charge in [-0.3, -0.25) is 14.7 Å². The highest BCUT2D eigenvalue weighted by Crippen LogP contribution is 2.23. The first kappa shape index (κ1) is 21.0. The average Bonchev–Trinajstić information content (AvgIpc) is 3.25. The number of hydrogen-bond acceptors (Lipinski definition) is 4. The number of nitrogens with zero attached hydrogens (tertiary/aromatic N) is 4. The molecular weight excluding hydrogens is 386 g/mol. The van der Waals surface area contributed by atoms with Crippen LogP contribution in [0.5, 0.6) is 0 Å². The van der Waals surface area contributed by atoms with E-state index < -0.39 is 0 Å². The summed E-state index contributed by atoms with van der Waals surface area (Å²) in [7, 11) is 0. The molecule has 0 atom stereocenters. The van der Waals surface area contributed by atoms with Gasteiger partial charge in [0.25, 0.3) is 5.91 Å². The molecule has 0 unspecified atom stereocenters. The Balaban J connectivity index is 1.51. The summed E-state index contributed by atoms with van der Waals surface area (Å²) in [5.74, 6) is -0.0798. The van der Waals surface area contributed by atoms with Gasteiger partial charge in [-0.05, 0) is 51.0 Å². The highest BCUT2D eigenvalue weighted by molar-refractivity contribution is 6.00. The van der Waals surface area contributed by atoms with Crippen LogP contribution in [0, 0.1) is 0 Å². The van der Waals surface area contributed by atoms with Crippen LogP contribution in [0.1, 0.15) is 37.0 Å². The molecule has 1 amide bonds. The van der Waals surface area contributed by atoms with Gasteiger partial charge in [-0.1, -0.05) is 29.8 Å². The van der Waals surface area contributed by atoms with Crippen molar-refractivity contribution in [1.29, 1.82) is 0 Å². The van der Waals surface area contributed by atoms with Crippen LogP contribution in [-0.2, 0) is 0 Å². The lowest BCUT2D eigenvalue weighted by Crippen LogP contribution is -2.44. The molecule has 3 aromatic rings. The first-order valence-electron chi connectivity index (χ1n) is 10.8. The topological polar surface area (TPSA) is 63.1 Å². The molecule has 0 bridgehead atoms. The van der Waals surface area contributed by atoms with E-state index in [4.69, 9.17) is 5.10 Å². The number of piperidine rings is 1. The normalized spacial score (nSPS) is 14.9. The van der Waals surface area contributed by atoms with Gasteiger partial charge in [0.05, 0.1) is 11.3 Å². The number of pyridine rings is 1. The van der Waals surface area contributed by atoms with Gasteiger partial charge in [0.15, 0.2) is 0 Å². The number of aromatic nitrogens is 3. The molecule has 2 aromatic heterocycles. The number of rotatable bonds is 6. The van der Waals surface area contributed by atoms with E-state index in [0.29, 0.717) is 11.3 Å². The summed E-state index contributed by atoms with van der Waals surface area (Å²) >= 11 is 0. The van der Waals surface area contributed by atoms with Crippen LogP contribution in [0.25, 0.3) is 16.9 Å². The number of hydrogen-bond donors (Lipinski definition) is 1. The van der Waals surface area contributed by atoms with Crippen molar-refractivity contribution >= 4 is 5.91 Å². The lowest BCUT2D eigenvalue weighted by atomic mass is 10.0. The Morgan fingerprint density at radius 1 is 1.13 bits per heavy atom. The van der Waals surface area contributed by atoms with Gasteiger partial charge < -0.3 is 5.32 Å². The Kier molecular flexibility index (Phi) is 6.57. The summed E-state index contributed by atoms with van der Waals surface area (Å²) in [6.07, 6.45) is 9.46. The van der Waals surface area contributed by atoms with Crippen LogP contribution in [0.3, 0.4) is 0 Å². The average molecular weight is 416 g/mol. The number of amides is 1. The van der Waals surface area contributed by atoms with Crippen LogP contribution >= 0.6 is 0 Å². The predicted octanol–water partition coefficient (Wildman–Crippen LogP) is 4.09. The molecule has 6 heteroatoms. The molecule has 31 heavy (non-hydrogen) atoms. The fraction of sp³-hybridized carbons (Fsp3) is 0.320. The lowest BCUT2D eigenvalue weighted by Gasteiger charge is -2.31. The minimum absolute atomic E-state index is 0.0798. The van der Waals surface area contributed by atoms with Crippen molar-refractivity contribution in [1.82, 2.24) is 25.0 Å². The molecule has 0 radical (unpaired) electrons. The molecule has 0 spiro atoms. The molecule has 1 aromatic carbocycles. The largest absolute Gasteiger partial charge is 0.349 e. The summed E-state index contributed by atoms with van der Waals surface area (Å²) in [6, 6.07) is 13.8. The highest BCUT2D eigenvalue weighted by Gasteiger charge is 2.24. The van der Waals surface area contributed by atoms with Crippen molar-refractivity contribution < 1.29 is 4.79 Å². The number of nitrogens with one attached hydrogen (secondary N) is 1. The molecule has 1 aliphatic heterocycles. The Labute approximate surface area is 183 Å². The van der Waals surface area contributed by atoms with E-state index in [1.165, 1.54) is 5.57 Å². The van der Waals surface area contributed by atoms with E-state index in [1.54, 1.807) is 17.1 Å². The third kappa shape index (κ3) is 5.27. The Hall–Kier alpha value is -3.25. The van der Waals surface area contributed by atoms with E-state index in [9.17, 15) is 4.79 Å². The first-order chi connectivity index (χ1) is 15.1. The van der Waals surface area contributed by atoms with Gasteiger partial charge in [0.2, 0.25) is 0 Å². The van der Waals surface area contributed by atoms with Crippen molar-refractivity contribution in [3.05, 3.63) is 78.3 Å². The summed E-state index contributed by atoms with van der Waals surface area (Å²) in [5.41, 5.74) is 4.31. The summed E-state index contributed by atoms with van der Waals surface area (Å²) in [6.45, 7) is 7.23. The number of likely N-dealkylation sites (tertiary alicyclic amines) is 1. The van der Waals surface area contributed by atoms with Gasteiger partial charge in [0.1, 0.15) is 5.69 Å². The molecule has 0 saturated carbocycles. The summed E-state index contributed by atoms with van der Waals surface area (Å²) < 4.78 is 1.76. The Morgan fingerprint density at radius 3 is 2.58 bits per heavy atom. The summed E-state index contributed by atoms with van der Waals surface area (Å²) in [4.78, 5) is 19.9. The van der Waals surface area contributed by atoms with E-state index in [-0.39, 0.29) is 11.9 Å². The van der Waals surface area contributed by atoms with E-state index in [2.05, 4.69) is 35.1 Å². The zero-order valence-corrected chi connectivity index (χ0v) is 18.2. The molecule has 1 N–H and O–H groups in total. The first-order valence-corrected chi connectivity index (χ1v) is 10.8. The maximum absolute atomic E-state index is 13.2. The maximum atomic E-state index is 13.2. The Bertz CT molecular complexity index is 1030. The number of para-hydroxylation sites is 1. The van der Waals surface area contributed by atoms with E-state index in [0.717, 1.165) is 43.7 Å². The van der Waals surface area contributed by atoms with Crippen LogP contribution in [-0.4, -0.2) is 51.2 Å². The molecule has 1 aliphatic rings. The SMILES string of the molecule is CC(C)=CCN1CCC(NC(=O)c2cn(-c3ccccc3)nc2-c2cccnc2)CC1. The van der Waals surface area contributed by atoms with Crippen LogP contribution in [0.2, 0.25) is 0 Å². The molecule has 3 heterocycles. The van der Waals surface area contributed by atoms with Gasteiger partial charge in [0, 0.05) is 49.8 Å². The van der Waals surface area contributed by atoms with Crippen molar-refractivity contribution in [3.63, 3.8) is 0 Å². The van der Waals surface area contributed by atoms with Crippen LogP contribution in [0.4, 0.5) is 0 Å². The van der Waals surface area contributed by atoms with E-state index in [1.807, 2.05) is 48.7 Å². The molecular formula is C25H29N5O. The van der Waals surface area contributed by atoms with Crippen LogP contribution in [0.15, 0.2) is 72.7 Å². The van der Waals surface area contributed by atoms with E-state index >= 15 is 0 Å². The number of allylic oxidation sites excluding steroid dienone is 1. The molecule has 6 nitrogen and oxygen atoms in total. The third-order valence-electron chi connectivity index (χ3n) is 5.60. The fourth-order valence-electron chi connectivity index (χ4n) is 3.80. The molecule has 1 fully saturated rings. The minimum Gasteiger partial charge on any atom is -0.349 e. The lowest BCUT2D eigenvalue weighted by molar-refractivity contribution is 0.0914. The van der Waals surface area contributed by atoms with Gasteiger partial charge >= 0.3 is 0 Å². The second-order valence-corrected chi connectivity index (χ2v) is 8.24. The molecule has 0 aliphatic carbocycles. The summed E-state index contributed by atoms with van der Waals surface area (Å²) in [5, 5.41) is 7.96. The van der Waals surface area contributed by atoms with Crippen molar-refractivity contribution in [2.45, 2.75) is 32.7 Å². The van der Waals surface area contributed by atoms with Gasteiger partial charge in [-0.25, -0.2) is 4.68 Å². The quantitative estimate of drug-likeness (QED) is 0.616. The number of benzene rings is 1. The number of carbonyl (C=O) groups excluding carboxylic acids is 1. The minimum atomic E-state index is -0.0798. The van der Waals surface area contributed by atoms with Crippen molar-refractivity contribution in [2.75, 3.05) is 19.6 Å². The second kappa shape index (κ2) is 9.71. The fourth-order valence-corrected chi connectivity index (χ4v) is 3.80. The zero-order valence-electron chi connectivity index (χ0n) is 18.2. The van der Waals surface area contributed by atoms with Crippen molar-refractivity contribution in [3.8, 4) is 16.9 Å².